The van der Waals surface area contributed by atoms with Crippen molar-refractivity contribution in [1.29, 1.82) is 0 Å². The fourth-order valence-corrected chi connectivity index (χ4v) is 2.66. The Hall–Kier alpha value is -1.26. The zero-order valence-electron chi connectivity index (χ0n) is 12.0. The van der Waals surface area contributed by atoms with Gasteiger partial charge in [-0.05, 0) is 19.1 Å². The van der Waals surface area contributed by atoms with Gasteiger partial charge in [0.05, 0.1) is 16.4 Å². The molecule has 0 unspecified atom stereocenters. The lowest BCUT2D eigenvalue weighted by Gasteiger charge is -2.13. The summed E-state index contributed by atoms with van der Waals surface area (Å²) in [6, 6.07) is 6.10. The van der Waals surface area contributed by atoms with E-state index in [1.807, 2.05) is 25.1 Å². The first-order chi connectivity index (χ1) is 8.95. The van der Waals surface area contributed by atoms with Gasteiger partial charge in [-0.1, -0.05) is 26.8 Å². The Morgan fingerprint density at radius 2 is 1.84 bits per heavy atom. The monoisotopic (exact) mass is 275 g/mol. The van der Waals surface area contributed by atoms with Crippen molar-refractivity contribution in [3.63, 3.8) is 0 Å². The molecule has 0 atom stereocenters. The van der Waals surface area contributed by atoms with Crippen LogP contribution in [0, 0.1) is 6.92 Å². The molecule has 2 heterocycles. The molecule has 2 rings (SSSR count). The molecule has 0 aromatic carbocycles. The summed E-state index contributed by atoms with van der Waals surface area (Å²) in [6.45, 7) is 10.2. The van der Waals surface area contributed by atoms with E-state index in [0.29, 0.717) is 0 Å². The van der Waals surface area contributed by atoms with Crippen LogP contribution in [0.1, 0.15) is 42.9 Å². The van der Waals surface area contributed by atoms with Gasteiger partial charge in [-0.25, -0.2) is 4.98 Å². The van der Waals surface area contributed by atoms with Gasteiger partial charge in [0.25, 0.3) is 0 Å². The van der Waals surface area contributed by atoms with Gasteiger partial charge in [-0.3, -0.25) is 4.98 Å². The number of nitrogens with one attached hydrogen (secondary N) is 1. The Morgan fingerprint density at radius 1 is 1.11 bits per heavy atom. The summed E-state index contributed by atoms with van der Waals surface area (Å²) < 4.78 is 0. The number of thiazole rings is 1. The Balaban J connectivity index is 1.88. The highest BCUT2D eigenvalue weighted by Gasteiger charge is 2.17. The third kappa shape index (κ3) is 4.11. The quantitative estimate of drug-likeness (QED) is 0.929. The van der Waals surface area contributed by atoms with E-state index in [1.165, 1.54) is 5.01 Å². The van der Waals surface area contributed by atoms with Crippen molar-refractivity contribution >= 4 is 11.3 Å². The molecule has 3 nitrogen and oxygen atoms in total. The van der Waals surface area contributed by atoms with Crippen LogP contribution in [0.2, 0.25) is 0 Å². The first-order valence-corrected chi connectivity index (χ1v) is 7.41. The number of hydrogen-bond donors (Lipinski definition) is 1. The lowest BCUT2D eigenvalue weighted by Crippen LogP contribution is -2.15. The third-order valence-corrected chi connectivity index (χ3v) is 4.07. The fourth-order valence-electron chi connectivity index (χ4n) is 1.75. The summed E-state index contributed by atoms with van der Waals surface area (Å²) in [5.74, 6) is 0. The first kappa shape index (κ1) is 14.2. The van der Waals surface area contributed by atoms with Gasteiger partial charge in [0.2, 0.25) is 0 Å². The van der Waals surface area contributed by atoms with Crippen molar-refractivity contribution in [3.05, 3.63) is 45.7 Å². The van der Waals surface area contributed by atoms with Gasteiger partial charge in [0, 0.05) is 29.6 Å². The molecule has 0 saturated carbocycles. The summed E-state index contributed by atoms with van der Waals surface area (Å²) >= 11 is 1.74. The van der Waals surface area contributed by atoms with Crippen LogP contribution in [-0.2, 0) is 18.5 Å². The zero-order chi connectivity index (χ0) is 13.9. The molecular weight excluding hydrogens is 254 g/mol. The molecule has 0 spiro atoms. The van der Waals surface area contributed by atoms with Crippen molar-refractivity contribution in [2.24, 2.45) is 0 Å². The fraction of sp³-hybridized carbons (Fsp3) is 0.467. The average Bonchev–Trinajstić information content (AvgIpc) is 2.77. The first-order valence-electron chi connectivity index (χ1n) is 6.53. The maximum atomic E-state index is 4.67. The number of rotatable bonds is 4. The summed E-state index contributed by atoms with van der Waals surface area (Å²) in [5, 5.41) is 6.72. The molecule has 4 heteroatoms. The van der Waals surface area contributed by atoms with E-state index in [0.717, 1.165) is 30.2 Å². The average molecular weight is 275 g/mol. The molecule has 0 amide bonds. The largest absolute Gasteiger partial charge is 0.305 e. The zero-order valence-corrected chi connectivity index (χ0v) is 12.8. The Kier molecular flexibility index (Phi) is 4.32. The molecule has 19 heavy (non-hydrogen) atoms. The number of aryl methyl sites for hydroxylation is 1. The van der Waals surface area contributed by atoms with E-state index in [2.05, 4.69) is 41.4 Å². The maximum absolute atomic E-state index is 4.67. The van der Waals surface area contributed by atoms with Crippen molar-refractivity contribution < 1.29 is 0 Å². The Morgan fingerprint density at radius 3 is 2.47 bits per heavy atom. The molecule has 0 aliphatic carbocycles. The van der Waals surface area contributed by atoms with Crippen molar-refractivity contribution in [1.82, 2.24) is 15.3 Å². The molecule has 0 aliphatic heterocycles. The van der Waals surface area contributed by atoms with E-state index < -0.39 is 0 Å². The van der Waals surface area contributed by atoms with Crippen LogP contribution >= 0.6 is 11.3 Å². The van der Waals surface area contributed by atoms with Gasteiger partial charge < -0.3 is 5.32 Å². The summed E-state index contributed by atoms with van der Waals surface area (Å²) in [5.41, 5.74) is 3.39. The highest BCUT2D eigenvalue weighted by Crippen LogP contribution is 2.25. The minimum Gasteiger partial charge on any atom is -0.305 e. The van der Waals surface area contributed by atoms with Gasteiger partial charge in [0.15, 0.2) is 0 Å². The number of hydrogen-bond acceptors (Lipinski definition) is 4. The molecule has 1 N–H and O–H groups in total. The van der Waals surface area contributed by atoms with Gasteiger partial charge in [0.1, 0.15) is 0 Å². The summed E-state index contributed by atoms with van der Waals surface area (Å²) in [6.07, 6.45) is 0. The maximum Gasteiger partial charge on any atom is 0.0982 e. The molecule has 2 aromatic heterocycles. The van der Waals surface area contributed by atoms with Crippen molar-refractivity contribution in [2.45, 2.75) is 46.2 Å². The molecular formula is C15H21N3S. The van der Waals surface area contributed by atoms with Crippen LogP contribution in [0.5, 0.6) is 0 Å². The predicted molar refractivity (Wildman–Crippen MR) is 80.3 cm³/mol. The van der Waals surface area contributed by atoms with Crippen molar-refractivity contribution in [3.8, 4) is 0 Å². The standard InChI is InChI=1S/C15H21N3S/c1-11-6-5-7-12(17-11)8-16-9-13-10-19-14(18-13)15(2,3)4/h5-7,10,16H,8-9H2,1-4H3. The van der Waals surface area contributed by atoms with E-state index >= 15 is 0 Å². The highest BCUT2D eigenvalue weighted by atomic mass is 32.1. The minimum absolute atomic E-state index is 0.140. The number of pyridine rings is 1. The molecule has 2 aromatic rings. The van der Waals surface area contributed by atoms with E-state index in [4.69, 9.17) is 0 Å². The second-order valence-corrected chi connectivity index (χ2v) is 6.63. The molecule has 0 aliphatic rings. The van der Waals surface area contributed by atoms with Gasteiger partial charge >= 0.3 is 0 Å². The molecule has 102 valence electrons. The lowest BCUT2D eigenvalue weighted by molar-refractivity contribution is 0.579. The van der Waals surface area contributed by atoms with E-state index in [-0.39, 0.29) is 5.41 Å². The second-order valence-electron chi connectivity index (χ2n) is 5.77. The minimum atomic E-state index is 0.140. The van der Waals surface area contributed by atoms with E-state index in [9.17, 15) is 0 Å². The highest BCUT2D eigenvalue weighted by molar-refractivity contribution is 7.09. The van der Waals surface area contributed by atoms with Crippen LogP contribution in [0.3, 0.4) is 0 Å². The molecule has 0 bridgehead atoms. The SMILES string of the molecule is Cc1cccc(CNCc2csc(C(C)(C)C)n2)n1. The second kappa shape index (κ2) is 5.80. The van der Waals surface area contributed by atoms with Crippen LogP contribution in [0.4, 0.5) is 0 Å². The van der Waals surface area contributed by atoms with Gasteiger partial charge in [-0.15, -0.1) is 11.3 Å². The van der Waals surface area contributed by atoms with Crippen LogP contribution < -0.4 is 5.32 Å². The van der Waals surface area contributed by atoms with Gasteiger partial charge in [-0.2, -0.15) is 0 Å². The summed E-state index contributed by atoms with van der Waals surface area (Å²) in [7, 11) is 0. The van der Waals surface area contributed by atoms with Crippen LogP contribution in [0.25, 0.3) is 0 Å². The molecule has 0 radical (unpaired) electrons. The lowest BCUT2D eigenvalue weighted by atomic mass is 9.98. The predicted octanol–water partition coefficient (Wildman–Crippen LogP) is 3.43. The smallest absolute Gasteiger partial charge is 0.0982 e. The Bertz CT molecular complexity index is 540. The Labute approximate surface area is 119 Å². The number of aromatic nitrogens is 2. The van der Waals surface area contributed by atoms with E-state index in [1.54, 1.807) is 11.3 Å². The number of nitrogens with zero attached hydrogens (tertiary/aromatic N) is 2. The van der Waals surface area contributed by atoms with Crippen LogP contribution in [-0.4, -0.2) is 9.97 Å². The molecule has 0 fully saturated rings. The summed E-state index contributed by atoms with van der Waals surface area (Å²) in [4.78, 5) is 9.13. The molecule has 0 saturated heterocycles. The van der Waals surface area contributed by atoms with Crippen molar-refractivity contribution in [2.75, 3.05) is 0 Å². The third-order valence-electron chi connectivity index (χ3n) is 2.75. The topological polar surface area (TPSA) is 37.8 Å². The van der Waals surface area contributed by atoms with Crippen LogP contribution in [0.15, 0.2) is 23.6 Å². The normalized spacial score (nSPS) is 11.8.